The summed E-state index contributed by atoms with van der Waals surface area (Å²) < 4.78 is 0. The number of anilines is 1. The van der Waals surface area contributed by atoms with Gasteiger partial charge in [-0.3, -0.25) is 14.9 Å². The molecular weight excluding hydrogens is 260 g/mol. The van der Waals surface area contributed by atoms with E-state index in [-0.39, 0.29) is 29.5 Å². The molecule has 1 rings (SSSR count). The lowest BCUT2D eigenvalue weighted by molar-refractivity contribution is -0.384. The number of nitrogens with one attached hydrogen (secondary N) is 1. The number of phenolic OH excluding ortho intramolecular Hbond substituents is 1. The number of unbranched alkanes of at least 4 members (excludes halogenated alkanes) is 1. The molecule has 6 nitrogen and oxygen atoms in total. The molecule has 1 aromatic carbocycles. The van der Waals surface area contributed by atoms with Crippen LogP contribution in [0.3, 0.4) is 0 Å². The lowest BCUT2D eigenvalue weighted by atomic mass is 10.2. The molecule has 0 spiro atoms. The van der Waals surface area contributed by atoms with Crippen molar-refractivity contribution in [2.45, 2.75) is 19.3 Å². The minimum Gasteiger partial charge on any atom is -0.505 e. The van der Waals surface area contributed by atoms with Gasteiger partial charge in [-0.2, -0.15) is 0 Å². The van der Waals surface area contributed by atoms with Crippen LogP contribution in [0.1, 0.15) is 19.3 Å². The number of phenols is 1. The number of hydrogen-bond donors (Lipinski definition) is 2. The highest BCUT2D eigenvalue weighted by Gasteiger charge is 2.19. The predicted octanol–water partition coefficient (Wildman–Crippen LogP) is 2.65. The van der Waals surface area contributed by atoms with E-state index < -0.39 is 4.92 Å². The second kappa shape index (κ2) is 6.80. The van der Waals surface area contributed by atoms with Gasteiger partial charge in [-0.25, -0.2) is 0 Å². The number of amides is 1. The first-order valence-corrected chi connectivity index (χ1v) is 5.92. The number of para-hydroxylation sites is 1. The molecule has 98 valence electrons. The second-order valence-corrected chi connectivity index (χ2v) is 4.00. The number of hydrogen-bond acceptors (Lipinski definition) is 4. The molecule has 1 aromatic rings. The third-order valence-corrected chi connectivity index (χ3v) is 2.54. The number of alkyl halides is 1. The molecule has 0 atom stereocenters. The van der Waals surface area contributed by atoms with Crippen molar-refractivity contribution in [3.63, 3.8) is 0 Å². The number of benzene rings is 1. The Balaban J connectivity index is 2.77. The minimum absolute atomic E-state index is 0.168. The van der Waals surface area contributed by atoms with E-state index in [9.17, 15) is 20.0 Å². The first-order valence-electron chi connectivity index (χ1n) is 5.38. The van der Waals surface area contributed by atoms with Gasteiger partial charge < -0.3 is 10.4 Å². The number of carbonyl (C=O) groups excluding carboxylic acids is 1. The average molecular weight is 273 g/mol. The van der Waals surface area contributed by atoms with Gasteiger partial charge in [-0.1, -0.05) is 6.07 Å². The fraction of sp³-hybridized carbons (Fsp3) is 0.364. The van der Waals surface area contributed by atoms with E-state index in [1.807, 2.05) is 0 Å². The van der Waals surface area contributed by atoms with Gasteiger partial charge in [0.2, 0.25) is 5.91 Å². The standard InChI is InChI=1S/C11H13ClN2O4/c12-7-2-1-6-10(16)13-11-8(14(17)18)4-3-5-9(11)15/h3-5,15H,1-2,6-7H2,(H,13,16). The number of aromatic hydroxyl groups is 1. The molecule has 0 saturated carbocycles. The topological polar surface area (TPSA) is 92.5 Å². The summed E-state index contributed by atoms with van der Waals surface area (Å²) in [6.07, 6.45) is 1.49. The summed E-state index contributed by atoms with van der Waals surface area (Å²) in [5.74, 6) is -0.246. The maximum atomic E-state index is 11.5. The van der Waals surface area contributed by atoms with E-state index >= 15 is 0 Å². The highest BCUT2D eigenvalue weighted by atomic mass is 35.5. The van der Waals surface area contributed by atoms with Gasteiger partial charge >= 0.3 is 0 Å². The van der Waals surface area contributed by atoms with Crippen molar-refractivity contribution in [1.29, 1.82) is 0 Å². The molecule has 0 saturated heterocycles. The Kier molecular flexibility index (Phi) is 5.38. The third kappa shape index (κ3) is 3.89. The van der Waals surface area contributed by atoms with Crippen LogP contribution in [0.4, 0.5) is 11.4 Å². The molecule has 0 aliphatic rings. The molecule has 0 aromatic heterocycles. The smallest absolute Gasteiger partial charge is 0.296 e. The Hall–Kier alpha value is -1.82. The van der Waals surface area contributed by atoms with Crippen LogP contribution in [-0.2, 0) is 4.79 Å². The molecule has 0 fully saturated rings. The van der Waals surface area contributed by atoms with Crippen LogP contribution < -0.4 is 5.32 Å². The fourth-order valence-electron chi connectivity index (χ4n) is 1.39. The van der Waals surface area contributed by atoms with E-state index in [1.165, 1.54) is 18.2 Å². The molecule has 0 radical (unpaired) electrons. The lowest BCUT2D eigenvalue weighted by Crippen LogP contribution is -2.12. The van der Waals surface area contributed by atoms with Crippen LogP contribution in [0, 0.1) is 10.1 Å². The van der Waals surface area contributed by atoms with Crippen molar-refractivity contribution in [2.75, 3.05) is 11.2 Å². The largest absolute Gasteiger partial charge is 0.505 e. The maximum absolute atomic E-state index is 11.5. The monoisotopic (exact) mass is 272 g/mol. The van der Waals surface area contributed by atoms with Crippen LogP contribution in [-0.4, -0.2) is 21.8 Å². The zero-order chi connectivity index (χ0) is 13.5. The number of nitro groups is 1. The summed E-state index contributed by atoms with van der Waals surface area (Å²) in [7, 11) is 0. The SMILES string of the molecule is O=C(CCCCCl)Nc1c(O)cccc1[N+](=O)[O-]. The normalized spacial score (nSPS) is 10.1. The molecule has 1 amide bonds. The van der Waals surface area contributed by atoms with Gasteiger partial charge in [0.25, 0.3) is 5.69 Å². The summed E-state index contributed by atoms with van der Waals surface area (Å²) in [4.78, 5) is 21.6. The fourth-order valence-corrected chi connectivity index (χ4v) is 1.58. The number of nitro benzene ring substituents is 1. The van der Waals surface area contributed by atoms with E-state index in [1.54, 1.807) is 0 Å². The van der Waals surface area contributed by atoms with Crippen molar-refractivity contribution in [3.05, 3.63) is 28.3 Å². The van der Waals surface area contributed by atoms with Crippen molar-refractivity contribution in [1.82, 2.24) is 0 Å². The van der Waals surface area contributed by atoms with Gasteiger partial charge in [0, 0.05) is 18.4 Å². The van der Waals surface area contributed by atoms with Gasteiger partial charge in [0.05, 0.1) is 4.92 Å². The van der Waals surface area contributed by atoms with E-state index in [0.29, 0.717) is 18.7 Å². The van der Waals surface area contributed by atoms with Crippen molar-refractivity contribution in [2.24, 2.45) is 0 Å². The predicted molar refractivity (Wildman–Crippen MR) is 68.0 cm³/mol. The van der Waals surface area contributed by atoms with Crippen LogP contribution in [0.25, 0.3) is 0 Å². The Morgan fingerprint density at radius 2 is 2.17 bits per heavy atom. The summed E-state index contributed by atoms with van der Waals surface area (Å²) in [6.45, 7) is 0. The van der Waals surface area contributed by atoms with E-state index in [2.05, 4.69) is 5.32 Å². The molecule has 0 heterocycles. The summed E-state index contributed by atoms with van der Waals surface area (Å²) in [5, 5.41) is 22.6. The highest BCUT2D eigenvalue weighted by molar-refractivity contribution is 6.17. The number of rotatable bonds is 6. The van der Waals surface area contributed by atoms with Gasteiger partial charge in [0.1, 0.15) is 5.75 Å². The highest BCUT2D eigenvalue weighted by Crippen LogP contribution is 2.33. The molecule has 7 heteroatoms. The van der Waals surface area contributed by atoms with Crippen LogP contribution >= 0.6 is 11.6 Å². The van der Waals surface area contributed by atoms with Gasteiger partial charge in [-0.15, -0.1) is 11.6 Å². The molecule has 2 N–H and O–H groups in total. The second-order valence-electron chi connectivity index (χ2n) is 3.62. The first kappa shape index (κ1) is 14.2. The zero-order valence-corrected chi connectivity index (χ0v) is 10.3. The van der Waals surface area contributed by atoms with Crippen LogP contribution in [0.5, 0.6) is 5.75 Å². The summed E-state index contributed by atoms with van der Waals surface area (Å²) in [6, 6.07) is 3.84. The Bertz CT molecular complexity index is 451. The van der Waals surface area contributed by atoms with Gasteiger partial charge in [0.15, 0.2) is 5.69 Å². The Morgan fingerprint density at radius 3 is 2.78 bits per heavy atom. The summed E-state index contributed by atoms with van der Waals surface area (Å²) >= 11 is 5.48. The Morgan fingerprint density at radius 1 is 1.44 bits per heavy atom. The van der Waals surface area contributed by atoms with Crippen LogP contribution in [0.2, 0.25) is 0 Å². The van der Waals surface area contributed by atoms with E-state index in [0.717, 1.165) is 0 Å². The molecule has 0 bridgehead atoms. The maximum Gasteiger partial charge on any atom is 0.296 e. The average Bonchev–Trinajstić information content (AvgIpc) is 2.31. The molecule has 0 aliphatic heterocycles. The van der Waals surface area contributed by atoms with Crippen molar-refractivity contribution < 1.29 is 14.8 Å². The third-order valence-electron chi connectivity index (χ3n) is 2.27. The summed E-state index contributed by atoms with van der Waals surface area (Å²) in [5.41, 5.74) is -0.501. The van der Waals surface area contributed by atoms with E-state index in [4.69, 9.17) is 11.6 Å². The molecule has 0 aliphatic carbocycles. The van der Waals surface area contributed by atoms with Crippen LogP contribution in [0.15, 0.2) is 18.2 Å². The number of halogens is 1. The molecular formula is C11H13ClN2O4. The number of carbonyl (C=O) groups is 1. The number of nitrogens with zero attached hydrogens (tertiary/aromatic N) is 1. The minimum atomic E-state index is -0.659. The Labute approximate surface area is 109 Å². The lowest BCUT2D eigenvalue weighted by Gasteiger charge is -2.07. The van der Waals surface area contributed by atoms with Crippen molar-refractivity contribution >= 4 is 28.9 Å². The first-order chi connectivity index (χ1) is 8.56. The molecule has 0 unspecified atom stereocenters. The van der Waals surface area contributed by atoms with Crippen molar-refractivity contribution in [3.8, 4) is 5.75 Å². The molecule has 18 heavy (non-hydrogen) atoms. The zero-order valence-electron chi connectivity index (χ0n) is 9.56. The van der Waals surface area contributed by atoms with Gasteiger partial charge in [-0.05, 0) is 18.9 Å². The quantitative estimate of drug-likeness (QED) is 0.274.